The van der Waals surface area contributed by atoms with E-state index in [2.05, 4.69) is 19.6 Å². The van der Waals surface area contributed by atoms with E-state index in [4.69, 9.17) is 14.9 Å². The van der Waals surface area contributed by atoms with E-state index < -0.39 is 8.32 Å². The van der Waals surface area contributed by atoms with Gasteiger partial charge in [0.25, 0.3) is 0 Å². The summed E-state index contributed by atoms with van der Waals surface area (Å²) in [5.41, 5.74) is 7.13. The van der Waals surface area contributed by atoms with Gasteiger partial charge in [-0.2, -0.15) is 0 Å². The van der Waals surface area contributed by atoms with Crippen molar-refractivity contribution in [2.45, 2.75) is 25.7 Å². The van der Waals surface area contributed by atoms with Crippen LogP contribution in [0.3, 0.4) is 0 Å². The molecule has 0 aliphatic heterocycles. The average Bonchev–Trinajstić information content (AvgIpc) is 2.25. The van der Waals surface area contributed by atoms with E-state index in [1.807, 2.05) is 24.3 Å². The molecule has 1 aromatic carbocycles. The van der Waals surface area contributed by atoms with Crippen LogP contribution in [0.2, 0.25) is 19.6 Å². The van der Waals surface area contributed by atoms with Crippen LogP contribution < -0.4 is 10.5 Å². The quantitative estimate of drug-likeness (QED) is 0.803. The van der Waals surface area contributed by atoms with Crippen molar-refractivity contribution in [1.82, 2.24) is 0 Å². The third-order valence-corrected chi connectivity index (χ3v) is 3.27. The standard InChI is InChI=1S/C12H21NO2Si/c1-14-11-7-5-10(6-8-11)12(13)9-15-16(2,3)4/h5-8,12H,9,13H2,1-4H3/t12-/m1/s1. The topological polar surface area (TPSA) is 44.5 Å². The maximum Gasteiger partial charge on any atom is 0.183 e. The molecule has 0 unspecified atom stereocenters. The van der Waals surface area contributed by atoms with Crippen LogP contribution >= 0.6 is 0 Å². The Morgan fingerprint density at radius 2 is 1.75 bits per heavy atom. The van der Waals surface area contributed by atoms with Crippen LogP contribution in [0.5, 0.6) is 5.75 Å². The first-order valence-electron chi connectivity index (χ1n) is 5.46. The molecule has 0 bridgehead atoms. The second-order valence-electron chi connectivity index (χ2n) is 4.80. The van der Waals surface area contributed by atoms with Crippen molar-refractivity contribution in [3.8, 4) is 5.75 Å². The number of hydrogen-bond acceptors (Lipinski definition) is 3. The van der Waals surface area contributed by atoms with E-state index >= 15 is 0 Å². The van der Waals surface area contributed by atoms with Crippen molar-refractivity contribution < 1.29 is 9.16 Å². The van der Waals surface area contributed by atoms with Gasteiger partial charge in [-0.15, -0.1) is 0 Å². The fourth-order valence-electron chi connectivity index (χ4n) is 1.29. The summed E-state index contributed by atoms with van der Waals surface area (Å²) in [7, 11) is 0.181. The second-order valence-corrected chi connectivity index (χ2v) is 9.32. The average molecular weight is 239 g/mol. The molecular formula is C12H21NO2Si. The summed E-state index contributed by atoms with van der Waals surface area (Å²) in [6.45, 7) is 7.07. The van der Waals surface area contributed by atoms with Crippen LogP contribution in [-0.2, 0) is 4.43 Å². The van der Waals surface area contributed by atoms with Crippen LogP contribution in [-0.4, -0.2) is 22.0 Å². The van der Waals surface area contributed by atoms with E-state index in [0.29, 0.717) is 6.61 Å². The molecule has 0 heterocycles. The van der Waals surface area contributed by atoms with Gasteiger partial charge in [0.15, 0.2) is 8.32 Å². The molecule has 1 rings (SSSR count). The number of nitrogens with two attached hydrogens (primary N) is 1. The van der Waals surface area contributed by atoms with Crippen molar-refractivity contribution >= 4 is 8.32 Å². The minimum absolute atomic E-state index is 0.0577. The Labute approximate surface area is 98.7 Å². The lowest BCUT2D eigenvalue weighted by molar-refractivity contribution is 0.284. The smallest absolute Gasteiger partial charge is 0.183 e. The van der Waals surface area contributed by atoms with Crippen LogP contribution in [0, 0.1) is 0 Å². The van der Waals surface area contributed by atoms with E-state index in [1.54, 1.807) is 7.11 Å². The zero-order valence-electron chi connectivity index (χ0n) is 10.5. The Hall–Kier alpha value is -0.843. The molecular weight excluding hydrogens is 218 g/mol. The summed E-state index contributed by atoms with van der Waals surface area (Å²) in [5.74, 6) is 0.849. The summed E-state index contributed by atoms with van der Waals surface area (Å²) in [6, 6.07) is 7.75. The summed E-state index contributed by atoms with van der Waals surface area (Å²) in [5, 5.41) is 0. The number of ether oxygens (including phenoxy) is 1. The minimum Gasteiger partial charge on any atom is -0.497 e. The summed E-state index contributed by atoms with van der Waals surface area (Å²) in [4.78, 5) is 0. The zero-order valence-corrected chi connectivity index (χ0v) is 11.5. The molecule has 0 radical (unpaired) electrons. The summed E-state index contributed by atoms with van der Waals surface area (Å²) >= 11 is 0. The van der Waals surface area contributed by atoms with Gasteiger partial charge >= 0.3 is 0 Å². The first kappa shape index (κ1) is 13.2. The van der Waals surface area contributed by atoms with Crippen LogP contribution in [0.15, 0.2) is 24.3 Å². The predicted octanol–water partition coefficient (Wildman–Crippen LogP) is 2.55. The highest BCUT2D eigenvalue weighted by molar-refractivity contribution is 6.69. The van der Waals surface area contributed by atoms with Gasteiger partial charge in [-0.3, -0.25) is 0 Å². The van der Waals surface area contributed by atoms with Crippen molar-refractivity contribution in [2.24, 2.45) is 5.73 Å². The molecule has 0 aliphatic carbocycles. The highest BCUT2D eigenvalue weighted by Gasteiger charge is 2.16. The Morgan fingerprint density at radius 3 is 2.19 bits per heavy atom. The molecule has 90 valence electrons. The maximum absolute atomic E-state index is 6.05. The Morgan fingerprint density at radius 1 is 1.19 bits per heavy atom. The molecule has 4 heteroatoms. The van der Waals surface area contributed by atoms with Gasteiger partial charge in [0.2, 0.25) is 0 Å². The molecule has 0 amide bonds. The minimum atomic E-state index is -1.48. The summed E-state index contributed by atoms with van der Waals surface area (Å²) < 4.78 is 10.9. The molecule has 0 saturated carbocycles. The summed E-state index contributed by atoms with van der Waals surface area (Å²) in [6.07, 6.45) is 0. The van der Waals surface area contributed by atoms with Gasteiger partial charge in [-0.05, 0) is 37.3 Å². The molecule has 0 aliphatic rings. The second kappa shape index (κ2) is 5.47. The van der Waals surface area contributed by atoms with Gasteiger partial charge < -0.3 is 14.9 Å². The fourth-order valence-corrected chi connectivity index (χ4v) is 1.97. The molecule has 3 nitrogen and oxygen atoms in total. The highest BCUT2D eigenvalue weighted by Crippen LogP contribution is 2.17. The van der Waals surface area contributed by atoms with Gasteiger partial charge in [0.1, 0.15) is 5.75 Å². The molecule has 16 heavy (non-hydrogen) atoms. The van der Waals surface area contributed by atoms with Crippen molar-refractivity contribution in [2.75, 3.05) is 13.7 Å². The highest BCUT2D eigenvalue weighted by atomic mass is 28.4. The number of hydrogen-bond donors (Lipinski definition) is 1. The van der Waals surface area contributed by atoms with Gasteiger partial charge in [0.05, 0.1) is 19.8 Å². The predicted molar refractivity (Wildman–Crippen MR) is 69.2 cm³/mol. The lowest BCUT2D eigenvalue weighted by Gasteiger charge is -2.21. The van der Waals surface area contributed by atoms with E-state index in [-0.39, 0.29) is 6.04 Å². The molecule has 0 fully saturated rings. The van der Waals surface area contributed by atoms with Crippen molar-refractivity contribution in [3.63, 3.8) is 0 Å². The Bertz CT molecular complexity index is 319. The van der Waals surface area contributed by atoms with Gasteiger partial charge in [0, 0.05) is 0 Å². The van der Waals surface area contributed by atoms with Gasteiger partial charge in [-0.1, -0.05) is 12.1 Å². The van der Waals surface area contributed by atoms with Crippen LogP contribution in [0.1, 0.15) is 11.6 Å². The molecule has 2 N–H and O–H groups in total. The maximum atomic E-state index is 6.05. The van der Waals surface area contributed by atoms with E-state index in [9.17, 15) is 0 Å². The van der Waals surface area contributed by atoms with E-state index in [1.165, 1.54) is 0 Å². The first-order chi connectivity index (χ1) is 7.42. The molecule has 0 aromatic heterocycles. The monoisotopic (exact) mass is 239 g/mol. The normalized spacial score (nSPS) is 13.6. The fraction of sp³-hybridized carbons (Fsp3) is 0.500. The Balaban J connectivity index is 2.56. The lowest BCUT2D eigenvalue weighted by atomic mass is 10.1. The van der Waals surface area contributed by atoms with E-state index in [0.717, 1.165) is 11.3 Å². The molecule has 1 aromatic rings. The first-order valence-corrected chi connectivity index (χ1v) is 8.87. The van der Waals surface area contributed by atoms with Crippen molar-refractivity contribution in [3.05, 3.63) is 29.8 Å². The van der Waals surface area contributed by atoms with Gasteiger partial charge in [-0.25, -0.2) is 0 Å². The van der Waals surface area contributed by atoms with Crippen molar-refractivity contribution in [1.29, 1.82) is 0 Å². The number of benzene rings is 1. The molecule has 1 atom stereocenters. The number of methoxy groups -OCH3 is 1. The van der Waals surface area contributed by atoms with Crippen LogP contribution in [0.25, 0.3) is 0 Å². The Kier molecular flexibility index (Phi) is 4.52. The zero-order chi connectivity index (χ0) is 12.2. The third kappa shape index (κ3) is 4.34. The lowest BCUT2D eigenvalue weighted by Crippen LogP contribution is -2.30. The molecule has 0 spiro atoms. The number of rotatable bonds is 5. The largest absolute Gasteiger partial charge is 0.497 e. The van der Waals surface area contributed by atoms with Crippen LogP contribution in [0.4, 0.5) is 0 Å². The SMILES string of the molecule is COc1ccc([C@H](N)CO[Si](C)(C)C)cc1. The molecule has 0 saturated heterocycles. The third-order valence-electron chi connectivity index (χ3n) is 2.24.